The predicted molar refractivity (Wildman–Crippen MR) is 89.8 cm³/mol. The third-order valence-electron chi connectivity index (χ3n) is 5.30. The Kier molecular flexibility index (Phi) is 4.72. The zero-order valence-electron chi connectivity index (χ0n) is 14.2. The third-order valence-corrected chi connectivity index (χ3v) is 5.30. The van der Waals surface area contributed by atoms with Crippen LogP contribution in [-0.4, -0.2) is 48.4 Å². The second kappa shape index (κ2) is 6.60. The van der Waals surface area contributed by atoms with Gasteiger partial charge in [0.1, 0.15) is 5.82 Å². The number of benzene rings is 1. The van der Waals surface area contributed by atoms with E-state index in [1.807, 2.05) is 4.90 Å². The van der Waals surface area contributed by atoms with Crippen LogP contribution in [0.3, 0.4) is 0 Å². The molecule has 1 saturated heterocycles. The first-order valence-corrected chi connectivity index (χ1v) is 8.79. The van der Waals surface area contributed by atoms with Gasteiger partial charge in [0, 0.05) is 32.7 Å². The average Bonchev–Trinajstić information content (AvgIpc) is 2.48. The molecule has 0 radical (unpaired) electrons. The van der Waals surface area contributed by atoms with Gasteiger partial charge in [-0.3, -0.25) is 9.69 Å². The third kappa shape index (κ3) is 3.27. The molecule has 0 atom stereocenters. The molecule has 1 aromatic rings. The molecule has 23 heavy (non-hydrogen) atoms. The second-order valence-electron chi connectivity index (χ2n) is 7.43. The Balaban J connectivity index is 1.68. The summed E-state index contributed by atoms with van der Waals surface area (Å²) in [7, 11) is 0. The van der Waals surface area contributed by atoms with Crippen LogP contribution >= 0.6 is 0 Å². The van der Waals surface area contributed by atoms with E-state index in [0.29, 0.717) is 5.92 Å². The highest BCUT2D eigenvalue weighted by molar-refractivity contribution is 5.89. The maximum atomic E-state index is 13.2. The molecule has 0 N–H and O–H groups in total. The van der Waals surface area contributed by atoms with Gasteiger partial charge in [0.15, 0.2) is 0 Å². The van der Waals surface area contributed by atoms with E-state index in [1.165, 1.54) is 12.1 Å². The average molecular weight is 318 g/mol. The molecule has 0 unspecified atom stereocenters. The number of halogens is 1. The molecule has 1 aliphatic carbocycles. The largest absolute Gasteiger partial charge is 0.339 e. The lowest BCUT2D eigenvalue weighted by molar-refractivity contribution is -0.142. The number of hydrogen-bond acceptors (Lipinski definition) is 2. The van der Waals surface area contributed by atoms with Gasteiger partial charge in [0.05, 0.1) is 5.41 Å². The van der Waals surface area contributed by atoms with Crippen LogP contribution in [0.15, 0.2) is 24.3 Å². The molecule has 126 valence electrons. The molecule has 0 bridgehead atoms. The van der Waals surface area contributed by atoms with Gasteiger partial charge in [0.25, 0.3) is 0 Å². The number of nitrogens with zero attached hydrogens (tertiary/aromatic N) is 2. The number of amides is 1. The smallest absolute Gasteiger partial charge is 0.233 e. The summed E-state index contributed by atoms with van der Waals surface area (Å²) in [4.78, 5) is 17.6. The second-order valence-corrected chi connectivity index (χ2v) is 7.43. The SMILES string of the molecule is CC(C)CN1CCN(C(=O)C2(c3ccc(F)cc3)CCC2)CC1. The van der Waals surface area contributed by atoms with Crippen molar-refractivity contribution in [1.29, 1.82) is 0 Å². The van der Waals surface area contributed by atoms with E-state index >= 15 is 0 Å². The van der Waals surface area contributed by atoms with Crippen molar-refractivity contribution in [3.8, 4) is 0 Å². The topological polar surface area (TPSA) is 23.6 Å². The fourth-order valence-corrected chi connectivity index (χ4v) is 3.88. The van der Waals surface area contributed by atoms with Crippen molar-refractivity contribution in [1.82, 2.24) is 9.80 Å². The molecule has 0 aromatic heterocycles. The number of hydrogen-bond donors (Lipinski definition) is 0. The monoisotopic (exact) mass is 318 g/mol. The van der Waals surface area contributed by atoms with Crippen LogP contribution in [0.5, 0.6) is 0 Å². The maximum absolute atomic E-state index is 13.2. The summed E-state index contributed by atoms with van der Waals surface area (Å²) < 4.78 is 13.2. The van der Waals surface area contributed by atoms with Crippen LogP contribution in [0.1, 0.15) is 38.7 Å². The summed E-state index contributed by atoms with van der Waals surface area (Å²) in [5.41, 5.74) is 0.591. The van der Waals surface area contributed by atoms with Crippen LogP contribution in [-0.2, 0) is 10.2 Å². The highest BCUT2D eigenvalue weighted by Crippen LogP contribution is 2.45. The lowest BCUT2D eigenvalue weighted by atomic mass is 9.63. The number of piperazine rings is 1. The Morgan fingerprint density at radius 3 is 2.22 bits per heavy atom. The summed E-state index contributed by atoms with van der Waals surface area (Å²) in [6, 6.07) is 6.54. The fraction of sp³-hybridized carbons (Fsp3) is 0.632. The lowest BCUT2D eigenvalue weighted by Gasteiger charge is -2.46. The van der Waals surface area contributed by atoms with E-state index in [4.69, 9.17) is 0 Å². The number of carbonyl (C=O) groups excluding carboxylic acids is 1. The zero-order valence-corrected chi connectivity index (χ0v) is 14.2. The normalized spacial score (nSPS) is 21.3. The van der Waals surface area contributed by atoms with E-state index in [9.17, 15) is 9.18 Å². The molecule has 1 amide bonds. The molecule has 2 aliphatic rings. The molecule has 4 heteroatoms. The molecular weight excluding hydrogens is 291 g/mol. The Morgan fingerprint density at radius 2 is 1.74 bits per heavy atom. The summed E-state index contributed by atoms with van der Waals surface area (Å²) in [5.74, 6) is 0.673. The standard InChI is InChI=1S/C19H27FN2O/c1-15(2)14-21-10-12-22(13-11-21)18(23)19(8-3-9-19)16-4-6-17(20)7-5-16/h4-7,15H,3,8-14H2,1-2H3. The summed E-state index contributed by atoms with van der Waals surface area (Å²) in [6.07, 6.45) is 2.86. The van der Waals surface area contributed by atoms with E-state index in [1.54, 1.807) is 12.1 Å². The Hall–Kier alpha value is -1.42. The highest BCUT2D eigenvalue weighted by atomic mass is 19.1. The molecular formula is C19H27FN2O. The van der Waals surface area contributed by atoms with Gasteiger partial charge in [0.2, 0.25) is 5.91 Å². The van der Waals surface area contributed by atoms with Crippen molar-refractivity contribution >= 4 is 5.91 Å². The molecule has 1 saturated carbocycles. The summed E-state index contributed by atoms with van der Waals surface area (Å²) in [5, 5.41) is 0. The zero-order chi connectivity index (χ0) is 16.4. The molecule has 3 nitrogen and oxygen atoms in total. The minimum Gasteiger partial charge on any atom is -0.339 e. The van der Waals surface area contributed by atoms with Crippen molar-refractivity contribution in [2.75, 3.05) is 32.7 Å². The van der Waals surface area contributed by atoms with Gasteiger partial charge in [-0.25, -0.2) is 4.39 Å². The minimum atomic E-state index is -0.395. The minimum absolute atomic E-state index is 0.238. The van der Waals surface area contributed by atoms with Gasteiger partial charge >= 0.3 is 0 Å². The van der Waals surface area contributed by atoms with Gasteiger partial charge in [-0.15, -0.1) is 0 Å². The summed E-state index contributed by atoms with van der Waals surface area (Å²) in [6.45, 7) is 9.12. The van der Waals surface area contributed by atoms with Crippen LogP contribution < -0.4 is 0 Å². The fourth-order valence-electron chi connectivity index (χ4n) is 3.88. The molecule has 0 spiro atoms. The van der Waals surface area contributed by atoms with E-state index < -0.39 is 5.41 Å². The number of rotatable bonds is 4. The quantitative estimate of drug-likeness (QED) is 0.852. The van der Waals surface area contributed by atoms with Crippen molar-refractivity contribution in [2.45, 2.75) is 38.5 Å². The lowest BCUT2D eigenvalue weighted by Crippen LogP contribution is -2.57. The Morgan fingerprint density at radius 1 is 1.13 bits per heavy atom. The van der Waals surface area contributed by atoms with Crippen molar-refractivity contribution in [3.05, 3.63) is 35.6 Å². The molecule has 1 heterocycles. The van der Waals surface area contributed by atoms with Crippen LogP contribution in [0.2, 0.25) is 0 Å². The predicted octanol–water partition coefficient (Wildman–Crippen LogP) is 3.05. The van der Waals surface area contributed by atoms with Crippen LogP contribution in [0, 0.1) is 11.7 Å². The van der Waals surface area contributed by atoms with E-state index in [-0.39, 0.29) is 11.7 Å². The van der Waals surface area contributed by atoms with Gasteiger partial charge < -0.3 is 4.90 Å². The Bertz CT molecular complexity index is 543. The highest BCUT2D eigenvalue weighted by Gasteiger charge is 2.47. The van der Waals surface area contributed by atoms with E-state index in [0.717, 1.165) is 57.5 Å². The first kappa shape index (κ1) is 16.4. The van der Waals surface area contributed by atoms with Crippen molar-refractivity contribution < 1.29 is 9.18 Å². The first-order valence-electron chi connectivity index (χ1n) is 8.79. The molecule has 2 fully saturated rings. The molecule has 1 aliphatic heterocycles. The van der Waals surface area contributed by atoms with Crippen molar-refractivity contribution in [2.24, 2.45) is 5.92 Å². The van der Waals surface area contributed by atoms with E-state index in [2.05, 4.69) is 18.7 Å². The van der Waals surface area contributed by atoms with Crippen LogP contribution in [0.25, 0.3) is 0 Å². The van der Waals surface area contributed by atoms with Gasteiger partial charge in [-0.2, -0.15) is 0 Å². The summed E-state index contributed by atoms with van der Waals surface area (Å²) >= 11 is 0. The Labute approximate surface area is 138 Å². The van der Waals surface area contributed by atoms with Crippen LogP contribution in [0.4, 0.5) is 4.39 Å². The number of carbonyl (C=O) groups is 1. The maximum Gasteiger partial charge on any atom is 0.233 e. The molecule has 1 aromatic carbocycles. The van der Waals surface area contributed by atoms with Crippen molar-refractivity contribution in [3.63, 3.8) is 0 Å². The van der Waals surface area contributed by atoms with Gasteiger partial charge in [-0.05, 0) is 36.5 Å². The first-order chi connectivity index (χ1) is 11.0. The van der Waals surface area contributed by atoms with Gasteiger partial charge in [-0.1, -0.05) is 32.4 Å². The molecule has 3 rings (SSSR count).